The van der Waals surface area contributed by atoms with Crippen LogP contribution in [0.3, 0.4) is 0 Å². The number of thiocarbonyl (C=S) groups is 1. The van der Waals surface area contributed by atoms with Crippen LogP contribution in [0.1, 0.15) is 28.9 Å². The second-order valence-corrected chi connectivity index (χ2v) is 8.10. The fraction of sp³-hybridized carbons (Fsp3) is 0.250. The summed E-state index contributed by atoms with van der Waals surface area (Å²) in [5.41, 5.74) is 4.03. The summed E-state index contributed by atoms with van der Waals surface area (Å²) in [4.78, 5) is 26.9. The first-order valence-corrected chi connectivity index (χ1v) is 9.74. The number of nitrogens with one attached hydrogen (secondary N) is 1. The molecule has 1 fully saturated rings. The number of anilines is 1. The highest BCUT2D eigenvalue weighted by Crippen LogP contribution is 2.32. The highest BCUT2D eigenvalue weighted by Gasteiger charge is 2.32. The predicted molar refractivity (Wildman–Crippen MR) is 112 cm³/mol. The third-order valence-corrected chi connectivity index (χ3v) is 5.57. The van der Waals surface area contributed by atoms with Crippen molar-refractivity contribution in [2.45, 2.75) is 27.2 Å². The number of thioether (sulfide) groups is 1. The van der Waals surface area contributed by atoms with Crippen molar-refractivity contribution in [3.05, 3.63) is 57.9 Å². The second-order valence-electron chi connectivity index (χ2n) is 6.42. The summed E-state index contributed by atoms with van der Waals surface area (Å²) in [5.74, 6) is 0.254. The zero-order valence-corrected chi connectivity index (χ0v) is 17.0. The van der Waals surface area contributed by atoms with Crippen molar-refractivity contribution >= 4 is 51.9 Å². The average molecular weight is 401 g/mol. The lowest BCUT2D eigenvalue weighted by atomic mass is 10.1. The van der Waals surface area contributed by atoms with Gasteiger partial charge in [0, 0.05) is 24.7 Å². The van der Waals surface area contributed by atoms with Gasteiger partial charge < -0.3 is 9.73 Å². The van der Waals surface area contributed by atoms with Crippen molar-refractivity contribution in [1.82, 2.24) is 4.90 Å². The molecule has 0 aliphatic carbocycles. The molecular weight excluding hydrogens is 380 g/mol. The van der Waals surface area contributed by atoms with Crippen molar-refractivity contribution in [3.8, 4) is 0 Å². The van der Waals surface area contributed by atoms with Crippen LogP contribution in [0, 0.1) is 20.8 Å². The predicted octanol–water partition coefficient (Wildman–Crippen LogP) is 4.43. The molecule has 0 spiro atoms. The summed E-state index contributed by atoms with van der Waals surface area (Å²) >= 11 is 6.51. The quantitative estimate of drug-likeness (QED) is 0.594. The maximum Gasteiger partial charge on any atom is 0.266 e. The highest BCUT2D eigenvalue weighted by molar-refractivity contribution is 8.26. The summed E-state index contributed by atoms with van der Waals surface area (Å²) in [6.07, 6.45) is 3.39. The number of aryl methyl sites for hydroxylation is 3. The Balaban J connectivity index is 1.62. The van der Waals surface area contributed by atoms with Gasteiger partial charge in [-0.3, -0.25) is 14.5 Å². The molecule has 0 bridgehead atoms. The summed E-state index contributed by atoms with van der Waals surface area (Å²) < 4.78 is 5.69. The number of hydrogen-bond donors (Lipinski definition) is 1. The second kappa shape index (κ2) is 8.10. The standard InChI is InChI=1S/C20H20N2O3S2/c1-12-9-13(2)18(14(3)10-12)21-17(23)6-7-22-19(24)16(27-20(22)26)11-15-5-4-8-25-15/h4-5,8-11H,6-7H2,1-3H3,(H,21,23). The first kappa shape index (κ1) is 19.4. The lowest BCUT2D eigenvalue weighted by Gasteiger charge is -2.16. The zero-order chi connectivity index (χ0) is 19.6. The number of furan rings is 1. The molecule has 2 aromatic rings. The Morgan fingerprint density at radius 1 is 1.30 bits per heavy atom. The molecule has 27 heavy (non-hydrogen) atoms. The first-order chi connectivity index (χ1) is 12.8. The maximum atomic E-state index is 12.5. The van der Waals surface area contributed by atoms with Gasteiger partial charge >= 0.3 is 0 Å². The minimum Gasteiger partial charge on any atom is -0.465 e. The monoisotopic (exact) mass is 400 g/mol. The average Bonchev–Trinajstić information content (AvgIpc) is 3.19. The molecule has 140 valence electrons. The molecule has 3 rings (SSSR count). The highest BCUT2D eigenvalue weighted by atomic mass is 32.2. The van der Waals surface area contributed by atoms with Crippen molar-refractivity contribution in [3.63, 3.8) is 0 Å². The Labute approximate surface area is 167 Å². The number of benzene rings is 1. The molecule has 2 heterocycles. The molecule has 1 aromatic heterocycles. The van der Waals surface area contributed by atoms with Crippen molar-refractivity contribution in [1.29, 1.82) is 0 Å². The largest absolute Gasteiger partial charge is 0.465 e. The summed E-state index contributed by atoms with van der Waals surface area (Å²) in [7, 11) is 0. The number of rotatable bonds is 5. The van der Waals surface area contributed by atoms with Gasteiger partial charge in [0.15, 0.2) is 0 Å². The molecule has 5 nitrogen and oxygen atoms in total. The van der Waals surface area contributed by atoms with Gasteiger partial charge in [-0.2, -0.15) is 0 Å². The number of hydrogen-bond acceptors (Lipinski definition) is 5. The fourth-order valence-corrected chi connectivity index (χ4v) is 4.28. The van der Waals surface area contributed by atoms with E-state index in [-0.39, 0.29) is 24.8 Å². The molecular formula is C20H20N2O3S2. The zero-order valence-electron chi connectivity index (χ0n) is 15.4. The number of nitrogens with zero attached hydrogens (tertiary/aromatic N) is 1. The lowest BCUT2D eigenvalue weighted by molar-refractivity contribution is -0.122. The molecule has 1 aliphatic rings. The van der Waals surface area contributed by atoms with E-state index in [0.29, 0.717) is 15.0 Å². The molecule has 1 saturated heterocycles. The number of carbonyl (C=O) groups excluding carboxylic acids is 2. The summed E-state index contributed by atoms with van der Waals surface area (Å²) in [6, 6.07) is 7.59. The Hall–Kier alpha value is -2.38. The topological polar surface area (TPSA) is 62.6 Å². The van der Waals surface area contributed by atoms with Crippen LogP contribution in [0.15, 0.2) is 39.9 Å². The fourth-order valence-electron chi connectivity index (χ4n) is 2.99. The van der Waals surface area contributed by atoms with Gasteiger partial charge in [0.1, 0.15) is 10.1 Å². The van der Waals surface area contributed by atoms with E-state index in [2.05, 4.69) is 5.32 Å². The van der Waals surface area contributed by atoms with Gasteiger partial charge in [0.05, 0.1) is 11.2 Å². The van der Waals surface area contributed by atoms with Crippen LogP contribution in [0.5, 0.6) is 0 Å². The van der Waals surface area contributed by atoms with Crippen LogP contribution in [0.2, 0.25) is 0 Å². The lowest BCUT2D eigenvalue weighted by Crippen LogP contribution is -2.31. The van der Waals surface area contributed by atoms with E-state index in [1.54, 1.807) is 24.5 Å². The van der Waals surface area contributed by atoms with Crippen LogP contribution in [0.25, 0.3) is 6.08 Å². The third kappa shape index (κ3) is 4.48. The van der Waals surface area contributed by atoms with Crippen LogP contribution < -0.4 is 5.32 Å². The van der Waals surface area contributed by atoms with Gasteiger partial charge in [-0.1, -0.05) is 41.7 Å². The molecule has 0 saturated carbocycles. The van der Waals surface area contributed by atoms with E-state index in [9.17, 15) is 9.59 Å². The van der Waals surface area contributed by atoms with Crippen LogP contribution in [-0.2, 0) is 9.59 Å². The number of amides is 2. The SMILES string of the molecule is Cc1cc(C)c(NC(=O)CCN2C(=O)C(=Cc3ccco3)SC2=S)c(C)c1. The van der Waals surface area contributed by atoms with E-state index < -0.39 is 0 Å². The third-order valence-electron chi connectivity index (χ3n) is 4.19. The van der Waals surface area contributed by atoms with Crippen molar-refractivity contribution in [2.75, 3.05) is 11.9 Å². The molecule has 0 radical (unpaired) electrons. The Kier molecular flexibility index (Phi) is 5.82. The molecule has 1 aromatic carbocycles. The first-order valence-electron chi connectivity index (χ1n) is 8.51. The Morgan fingerprint density at radius 3 is 2.63 bits per heavy atom. The summed E-state index contributed by atoms with van der Waals surface area (Å²) in [5, 5.41) is 2.95. The van der Waals surface area contributed by atoms with E-state index in [1.165, 1.54) is 16.7 Å². The van der Waals surface area contributed by atoms with Gasteiger partial charge in [0.25, 0.3) is 5.91 Å². The molecule has 0 atom stereocenters. The van der Waals surface area contributed by atoms with E-state index >= 15 is 0 Å². The van der Waals surface area contributed by atoms with Crippen LogP contribution in [0.4, 0.5) is 5.69 Å². The van der Waals surface area contributed by atoms with Crippen molar-refractivity contribution < 1.29 is 14.0 Å². The Bertz CT molecular complexity index is 910. The van der Waals surface area contributed by atoms with E-state index in [4.69, 9.17) is 16.6 Å². The molecule has 1 aliphatic heterocycles. The molecule has 1 N–H and O–H groups in total. The van der Waals surface area contributed by atoms with Crippen LogP contribution >= 0.6 is 24.0 Å². The normalized spacial score (nSPS) is 15.7. The minimum absolute atomic E-state index is 0.144. The minimum atomic E-state index is -0.197. The van der Waals surface area contributed by atoms with Crippen LogP contribution in [-0.4, -0.2) is 27.6 Å². The Morgan fingerprint density at radius 2 is 2.00 bits per heavy atom. The van der Waals surface area contributed by atoms with Gasteiger partial charge in [-0.25, -0.2) is 0 Å². The molecule has 0 unspecified atom stereocenters. The van der Waals surface area contributed by atoms with Gasteiger partial charge in [-0.05, 0) is 44.0 Å². The van der Waals surface area contributed by atoms with Crippen molar-refractivity contribution in [2.24, 2.45) is 0 Å². The smallest absolute Gasteiger partial charge is 0.266 e. The van der Waals surface area contributed by atoms with E-state index in [0.717, 1.165) is 22.4 Å². The van der Waals surface area contributed by atoms with E-state index in [1.807, 2.05) is 32.9 Å². The number of carbonyl (C=O) groups is 2. The molecule has 7 heteroatoms. The van der Waals surface area contributed by atoms with Gasteiger partial charge in [0.2, 0.25) is 5.91 Å². The maximum absolute atomic E-state index is 12.5. The van der Waals surface area contributed by atoms with Gasteiger partial charge in [-0.15, -0.1) is 0 Å². The molecule has 2 amide bonds. The summed E-state index contributed by atoms with van der Waals surface area (Å²) in [6.45, 7) is 6.21.